The standard InChI is InChI=1S/C24H23F5N4O2/c1-35-21-14-33(18-4-2-3-16(12-18)24(27,28)29)31-22(21)23(34)30-17-7-9-32(10-8-17)13-15-5-6-19(25)20(26)11-15/h2-6,11-12,14,17H,7-10,13H2,1H3,(H,30,34). The normalized spacial score (nSPS) is 15.3. The number of rotatable bonds is 6. The van der Waals surface area contributed by atoms with Crippen molar-refractivity contribution in [1.29, 1.82) is 0 Å². The first kappa shape index (κ1) is 24.6. The van der Waals surface area contributed by atoms with Gasteiger partial charge in [-0.1, -0.05) is 12.1 Å². The van der Waals surface area contributed by atoms with Gasteiger partial charge in [-0.2, -0.15) is 18.3 Å². The predicted octanol–water partition coefficient (Wildman–Crippen LogP) is 4.57. The highest BCUT2D eigenvalue weighted by Gasteiger charge is 2.31. The summed E-state index contributed by atoms with van der Waals surface area (Å²) >= 11 is 0. The van der Waals surface area contributed by atoms with E-state index in [2.05, 4.69) is 15.3 Å². The minimum absolute atomic E-state index is 0.0332. The zero-order chi connectivity index (χ0) is 25.2. The molecule has 6 nitrogen and oxygen atoms in total. The minimum Gasteiger partial charge on any atom is -0.493 e. The highest BCUT2D eigenvalue weighted by Crippen LogP contribution is 2.31. The van der Waals surface area contributed by atoms with Gasteiger partial charge in [0.1, 0.15) is 0 Å². The molecule has 1 N–H and O–H groups in total. The quantitative estimate of drug-likeness (QED) is 0.510. The van der Waals surface area contributed by atoms with Crippen LogP contribution in [0.1, 0.15) is 34.5 Å². The molecular weight excluding hydrogens is 471 g/mol. The molecule has 0 bridgehead atoms. The lowest BCUT2D eigenvalue weighted by Crippen LogP contribution is -2.44. The molecule has 3 aromatic rings. The topological polar surface area (TPSA) is 59.4 Å². The summed E-state index contributed by atoms with van der Waals surface area (Å²) in [5, 5.41) is 7.06. The van der Waals surface area contributed by atoms with E-state index < -0.39 is 29.3 Å². The molecule has 0 saturated carbocycles. The predicted molar refractivity (Wildman–Crippen MR) is 117 cm³/mol. The molecule has 0 spiro atoms. The van der Waals surface area contributed by atoms with Gasteiger partial charge in [0, 0.05) is 25.7 Å². The third-order valence-electron chi connectivity index (χ3n) is 5.87. The number of nitrogens with zero attached hydrogens (tertiary/aromatic N) is 3. The van der Waals surface area contributed by atoms with Gasteiger partial charge in [-0.15, -0.1) is 0 Å². The smallest absolute Gasteiger partial charge is 0.416 e. The van der Waals surface area contributed by atoms with Crippen LogP contribution in [-0.4, -0.2) is 46.8 Å². The van der Waals surface area contributed by atoms with Crippen LogP contribution < -0.4 is 10.1 Å². The van der Waals surface area contributed by atoms with E-state index in [1.807, 2.05) is 0 Å². The Morgan fingerprint density at radius 3 is 2.51 bits per heavy atom. The van der Waals surface area contributed by atoms with Gasteiger partial charge in [0.2, 0.25) is 0 Å². The highest BCUT2D eigenvalue weighted by atomic mass is 19.4. The van der Waals surface area contributed by atoms with E-state index in [9.17, 15) is 26.7 Å². The Labute approximate surface area is 198 Å². The van der Waals surface area contributed by atoms with Crippen molar-refractivity contribution in [3.8, 4) is 11.4 Å². The Bertz CT molecular complexity index is 1200. The van der Waals surface area contributed by atoms with Gasteiger partial charge >= 0.3 is 6.18 Å². The second kappa shape index (κ2) is 10.0. The first-order valence-electron chi connectivity index (χ1n) is 10.9. The second-order valence-corrected chi connectivity index (χ2v) is 8.31. The monoisotopic (exact) mass is 494 g/mol. The minimum atomic E-state index is -4.51. The lowest BCUT2D eigenvalue weighted by molar-refractivity contribution is -0.137. The SMILES string of the molecule is COc1cn(-c2cccc(C(F)(F)F)c2)nc1C(=O)NC1CCN(Cc2ccc(F)c(F)c2)CC1. The molecule has 4 rings (SSSR count). The molecule has 1 aromatic heterocycles. The number of benzene rings is 2. The number of hydrogen-bond acceptors (Lipinski definition) is 4. The molecule has 11 heteroatoms. The molecule has 2 aromatic carbocycles. The third-order valence-corrected chi connectivity index (χ3v) is 5.87. The van der Waals surface area contributed by atoms with Gasteiger partial charge in [0.25, 0.3) is 5.91 Å². The van der Waals surface area contributed by atoms with Crippen LogP contribution in [0.3, 0.4) is 0 Å². The van der Waals surface area contributed by atoms with E-state index in [0.29, 0.717) is 38.0 Å². The molecule has 2 heterocycles. The number of carbonyl (C=O) groups excluding carboxylic acids is 1. The summed E-state index contributed by atoms with van der Waals surface area (Å²) in [7, 11) is 1.35. The fourth-order valence-electron chi connectivity index (χ4n) is 4.01. The Morgan fingerprint density at radius 1 is 1.11 bits per heavy atom. The number of aromatic nitrogens is 2. The molecule has 0 radical (unpaired) electrons. The summed E-state index contributed by atoms with van der Waals surface area (Å²) in [6, 6.07) is 8.28. The van der Waals surface area contributed by atoms with Crippen molar-refractivity contribution in [2.24, 2.45) is 0 Å². The molecule has 1 fully saturated rings. The van der Waals surface area contributed by atoms with Crippen molar-refractivity contribution < 1.29 is 31.5 Å². The fourth-order valence-corrected chi connectivity index (χ4v) is 4.01. The maximum atomic E-state index is 13.4. The van der Waals surface area contributed by atoms with Crippen LogP contribution in [0.15, 0.2) is 48.7 Å². The van der Waals surface area contributed by atoms with Gasteiger partial charge in [-0.3, -0.25) is 9.69 Å². The van der Waals surface area contributed by atoms with Crippen molar-refractivity contribution in [3.63, 3.8) is 0 Å². The number of carbonyl (C=O) groups is 1. The second-order valence-electron chi connectivity index (χ2n) is 8.31. The van der Waals surface area contributed by atoms with E-state index in [1.165, 1.54) is 36.2 Å². The van der Waals surface area contributed by atoms with Crippen molar-refractivity contribution in [2.75, 3.05) is 20.2 Å². The number of alkyl halides is 3. The zero-order valence-corrected chi connectivity index (χ0v) is 18.8. The Morgan fingerprint density at radius 2 is 1.86 bits per heavy atom. The number of halogens is 5. The first-order chi connectivity index (χ1) is 16.6. The first-order valence-corrected chi connectivity index (χ1v) is 10.9. The van der Waals surface area contributed by atoms with Crippen molar-refractivity contribution in [1.82, 2.24) is 20.0 Å². The zero-order valence-electron chi connectivity index (χ0n) is 18.8. The van der Waals surface area contributed by atoms with E-state index in [0.717, 1.165) is 18.2 Å². The van der Waals surface area contributed by atoms with Gasteiger partial charge in [0.05, 0.1) is 24.6 Å². The number of amides is 1. The molecule has 0 aliphatic carbocycles. The summed E-state index contributed by atoms with van der Waals surface area (Å²) in [6.07, 6.45) is -1.89. The molecule has 1 saturated heterocycles. The summed E-state index contributed by atoms with van der Waals surface area (Å²) in [4.78, 5) is 14.9. The van der Waals surface area contributed by atoms with Crippen LogP contribution in [0.2, 0.25) is 0 Å². The number of hydrogen-bond donors (Lipinski definition) is 1. The van der Waals surface area contributed by atoms with Crippen LogP contribution in [0.25, 0.3) is 5.69 Å². The molecule has 0 atom stereocenters. The molecule has 0 unspecified atom stereocenters. The third kappa shape index (κ3) is 5.79. The van der Waals surface area contributed by atoms with Crippen LogP contribution in [0.4, 0.5) is 22.0 Å². The van der Waals surface area contributed by atoms with Gasteiger partial charge in [0.15, 0.2) is 23.1 Å². The molecule has 1 aliphatic rings. The lowest BCUT2D eigenvalue weighted by Gasteiger charge is -2.32. The number of ether oxygens (including phenoxy) is 1. The molecule has 186 valence electrons. The van der Waals surface area contributed by atoms with E-state index in [4.69, 9.17) is 4.74 Å². The van der Waals surface area contributed by atoms with E-state index >= 15 is 0 Å². The van der Waals surface area contributed by atoms with E-state index in [1.54, 1.807) is 6.07 Å². The molecule has 35 heavy (non-hydrogen) atoms. The molecule has 1 aliphatic heterocycles. The van der Waals surface area contributed by atoms with Gasteiger partial charge < -0.3 is 10.1 Å². The summed E-state index contributed by atoms with van der Waals surface area (Å²) in [6.45, 7) is 1.74. The average molecular weight is 494 g/mol. The van der Waals surface area contributed by atoms with Crippen LogP contribution in [0.5, 0.6) is 5.75 Å². The summed E-state index contributed by atoms with van der Waals surface area (Å²) in [5.41, 5.74) is -0.0568. The van der Waals surface area contributed by atoms with E-state index in [-0.39, 0.29) is 23.2 Å². The summed E-state index contributed by atoms with van der Waals surface area (Å²) < 4.78 is 72.1. The van der Waals surface area contributed by atoms with Crippen molar-refractivity contribution in [2.45, 2.75) is 31.6 Å². The van der Waals surface area contributed by atoms with Crippen LogP contribution in [0, 0.1) is 11.6 Å². The largest absolute Gasteiger partial charge is 0.493 e. The molecule has 1 amide bonds. The Hall–Kier alpha value is -3.47. The summed E-state index contributed by atoms with van der Waals surface area (Å²) in [5.74, 6) is -2.13. The van der Waals surface area contributed by atoms with Crippen molar-refractivity contribution >= 4 is 5.91 Å². The van der Waals surface area contributed by atoms with Gasteiger partial charge in [-0.05, 0) is 48.7 Å². The lowest BCUT2D eigenvalue weighted by atomic mass is 10.0. The number of methoxy groups -OCH3 is 1. The fraction of sp³-hybridized carbons (Fsp3) is 0.333. The Kier molecular flexibility index (Phi) is 7.06. The van der Waals surface area contributed by atoms with Gasteiger partial charge in [-0.25, -0.2) is 13.5 Å². The molecular formula is C24H23F5N4O2. The maximum absolute atomic E-state index is 13.4. The number of likely N-dealkylation sites (tertiary alicyclic amines) is 1. The Balaban J connectivity index is 1.39. The van der Waals surface area contributed by atoms with Crippen molar-refractivity contribution in [3.05, 3.63) is 77.1 Å². The number of nitrogens with one attached hydrogen (secondary N) is 1. The maximum Gasteiger partial charge on any atom is 0.416 e. The van der Waals surface area contributed by atoms with Crippen LogP contribution >= 0.6 is 0 Å². The van der Waals surface area contributed by atoms with Crippen LogP contribution in [-0.2, 0) is 12.7 Å². The highest BCUT2D eigenvalue weighted by molar-refractivity contribution is 5.95. The number of piperidine rings is 1. The average Bonchev–Trinajstić information content (AvgIpc) is 3.27.